The molecule has 2 heterocycles. The van der Waals surface area contributed by atoms with Crippen LogP contribution in [0.3, 0.4) is 0 Å². The summed E-state index contributed by atoms with van der Waals surface area (Å²) in [7, 11) is 0. The lowest BCUT2D eigenvalue weighted by Crippen LogP contribution is -2.25. The van der Waals surface area contributed by atoms with Gasteiger partial charge in [0, 0.05) is 6.61 Å². The number of nitrogens with zero attached hydrogens (tertiary/aromatic N) is 1. The van der Waals surface area contributed by atoms with Crippen molar-refractivity contribution in [1.29, 1.82) is 0 Å². The summed E-state index contributed by atoms with van der Waals surface area (Å²) in [6, 6.07) is 0. The molecule has 0 amide bonds. The molecule has 0 bridgehead atoms. The number of aliphatic hydroxyl groups excluding tert-OH is 1. The van der Waals surface area contributed by atoms with Crippen molar-refractivity contribution in [1.82, 2.24) is 4.98 Å². The molecule has 1 aliphatic heterocycles. The average molecular weight is 213 g/mol. The molecule has 2 rings (SSSR count). The van der Waals surface area contributed by atoms with Crippen LogP contribution in [0.25, 0.3) is 0 Å². The first kappa shape index (κ1) is 10.4. The van der Waals surface area contributed by atoms with Gasteiger partial charge in [0.05, 0.1) is 12.7 Å². The first-order valence-corrected chi connectivity index (χ1v) is 5.18. The summed E-state index contributed by atoms with van der Waals surface area (Å²) in [4.78, 5) is 3.92. The fraction of sp³-hybridized carbons (Fsp3) is 0.700. The summed E-state index contributed by atoms with van der Waals surface area (Å²) in [5.74, 6) is 0. The van der Waals surface area contributed by atoms with Crippen molar-refractivity contribution in [3.63, 3.8) is 0 Å². The standard InChI is InChI=1S/C10H15NO4/c12-5-8-6-14-10(11-8)15-7-9-3-1-2-4-13-9/h6,9,12H,1-5,7H2. The monoisotopic (exact) mass is 213 g/mol. The van der Waals surface area contributed by atoms with Crippen molar-refractivity contribution in [2.24, 2.45) is 0 Å². The van der Waals surface area contributed by atoms with Crippen LogP contribution in [-0.2, 0) is 11.3 Å². The smallest absolute Gasteiger partial charge is 0.393 e. The highest BCUT2D eigenvalue weighted by Gasteiger charge is 2.15. The molecule has 1 unspecified atom stereocenters. The van der Waals surface area contributed by atoms with Gasteiger partial charge >= 0.3 is 6.08 Å². The van der Waals surface area contributed by atoms with Crippen LogP contribution in [0.2, 0.25) is 0 Å². The second kappa shape index (κ2) is 5.14. The first-order chi connectivity index (χ1) is 7.38. The van der Waals surface area contributed by atoms with E-state index in [1.807, 2.05) is 0 Å². The third kappa shape index (κ3) is 2.94. The van der Waals surface area contributed by atoms with Crippen molar-refractivity contribution >= 4 is 0 Å². The molecule has 1 aromatic rings. The van der Waals surface area contributed by atoms with Crippen LogP contribution in [0.1, 0.15) is 25.0 Å². The highest BCUT2D eigenvalue weighted by atomic mass is 16.6. The molecule has 5 heteroatoms. The van der Waals surface area contributed by atoms with E-state index >= 15 is 0 Å². The number of ether oxygens (including phenoxy) is 2. The van der Waals surface area contributed by atoms with Crippen LogP contribution in [0.5, 0.6) is 6.08 Å². The van der Waals surface area contributed by atoms with E-state index in [-0.39, 0.29) is 18.8 Å². The molecule has 15 heavy (non-hydrogen) atoms. The third-order valence-corrected chi connectivity index (χ3v) is 2.36. The lowest BCUT2D eigenvalue weighted by atomic mass is 10.1. The van der Waals surface area contributed by atoms with Crippen molar-refractivity contribution in [3.8, 4) is 6.08 Å². The molecule has 0 aliphatic carbocycles. The summed E-state index contributed by atoms with van der Waals surface area (Å²) < 4.78 is 15.8. The van der Waals surface area contributed by atoms with Gasteiger partial charge in [0.25, 0.3) is 0 Å². The Hall–Kier alpha value is -1.07. The molecular weight excluding hydrogens is 198 g/mol. The normalized spacial score (nSPS) is 21.5. The van der Waals surface area contributed by atoms with Crippen LogP contribution >= 0.6 is 0 Å². The number of hydrogen-bond acceptors (Lipinski definition) is 5. The van der Waals surface area contributed by atoms with E-state index < -0.39 is 0 Å². The third-order valence-electron chi connectivity index (χ3n) is 2.36. The SMILES string of the molecule is OCc1coc(OCC2CCCCO2)n1. The molecule has 0 aromatic carbocycles. The summed E-state index contributed by atoms with van der Waals surface area (Å²) in [5, 5.41) is 8.77. The summed E-state index contributed by atoms with van der Waals surface area (Å²) in [5.41, 5.74) is 0.481. The molecule has 1 fully saturated rings. The Morgan fingerprint density at radius 1 is 1.53 bits per heavy atom. The Morgan fingerprint density at radius 3 is 3.13 bits per heavy atom. The quantitative estimate of drug-likeness (QED) is 0.811. The van der Waals surface area contributed by atoms with Gasteiger partial charge in [-0.15, -0.1) is 0 Å². The van der Waals surface area contributed by atoms with Gasteiger partial charge < -0.3 is 19.0 Å². The zero-order valence-corrected chi connectivity index (χ0v) is 8.52. The van der Waals surface area contributed by atoms with Gasteiger partial charge in [-0.2, -0.15) is 4.98 Å². The van der Waals surface area contributed by atoms with Crippen LogP contribution in [0.4, 0.5) is 0 Å². The second-order valence-corrected chi connectivity index (χ2v) is 3.56. The van der Waals surface area contributed by atoms with Crippen LogP contribution in [-0.4, -0.2) is 29.4 Å². The van der Waals surface area contributed by atoms with Gasteiger partial charge in [-0.1, -0.05) is 0 Å². The topological polar surface area (TPSA) is 64.7 Å². The molecule has 0 spiro atoms. The van der Waals surface area contributed by atoms with Crippen molar-refractivity contribution in [2.45, 2.75) is 32.0 Å². The Morgan fingerprint density at radius 2 is 2.47 bits per heavy atom. The molecule has 0 radical (unpaired) electrons. The molecule has 1 N–H and O–H groups in total. The van der Waals surface area contributed by atoms with Gasteiger partial charge in [0.1, 0.15) is 18.6 Å². The highest BCUT2D eigenvalue weighted by Crippen LogP contribution is 2.15. The molecule has 84 valence electrons. The predicted octanol–water partition coefficient (Wildman–Crippen LogP) is 1.11. The zero-order valence-electron chi connectivity index (χ0n) is 8.52. The average Bonchev–Trinajstić information content (AvgIpc) is 2.76. The van der Waals surface area contributed by atoms with Crippen molar-refractivity contribution in [3.05, 3.63) is 12.0 Å². The van der Waals surface area contributed by atoms with Crippen molar-refractivity contribution < 1.29 is 19.0 Å². The highest BCUT2D eigenvalue weighted by molar-refractivity contribution is 4.97. The number of aliphatic hydroxyl groups is 1. The van der Waals surface area contributed by atoms with Crippen molar-refractivity contribution in [2.75, 3.05) is 13.2 Å². The van der Waals surface area contributed by atoms with E-state index in [2.05, 4.69) is 4.98 Å². The molecular formula is C10H15NO4. The summed E-state index contributed by atoms with van der Waals surface area (Å²) in [6.45, 7) is 1.14. The van der Waals surface area contributed by atoms with Gasteiger partial charge in [0.15, 0.2) is 0 Å². The van der Waals surface area contributed by atoms with Crippen LogP contribution in [0.15, 0.2) is 10.7 Å². The Kier molecular flexibility index (Phi) is 3.58. The molecule has 0 saturated carbocycles. The predicted molar refractivity (Wildman–Crippen MR) is 51.5 cm³/mol. The molecule has 1 saturated heterocycles. The van der Waals surface area contributed by atoms with E-state index in [1.54, 1.807) is 0 Å². The first-order valence-electron chi connectivity index (χ1n) is 5.18. The number of hydrogen-bond donors (Lipinski definition) is 1. The lowest BCUT2D eigenvalue weighted by Gasteiger charge is -2.21. The van der Waals surface area contributed by atoms with Crippen LogP contribution in [0, 0.1) is 0 Å². The number of aromatic nitrogens is 1. The minimum atomic E-state index is -0.132. The summed E-state index contributed by atoms with van der Waals surface area (Å²) in [6.07, 6.45) is 5.06. The Balaban J connectivity index is 1.76. The van der Waals surface area contributed by atoms with Gasteiger partial charge in [0.2, 0.25) is 0 Å². The Labute approximate surface area is 88.0 Å². The van der Waals surface area contributed by atoms with E-state index in [9.17, 15) is 0 Å². The number of rotatable bonds is 4. The summed E-state index contributed by atoms with van der Waals surface area (Å²) >= 11 is 0. The maximum Gasteiger partial charge on any atom is 0.393 e. The number of oxazole rings is 1. The maximum absolute atomic E-state index is 8.77. The molecule has 1 aliphatic rings. The van der Waals surface area contributed by atoms with E-state index in [0.29, 0.717) is 12.3 Å². The van der Waals surface area contributed by atoms with Gasteiger partial charge in [-0.05, 0) is 19.3 Å². The van der Waals surface area contributed by atoms with E-state index in [0.717, 1.165) is 19.4 Å². The Bertz CT molecular complexity index is 293. The second-order valence-electron chi connectivity index (χ2n) is 3.56. The van der Waals surface area contributed by atoms with Gasteiger partial charge in [-0.3, -0.25) is 0 Å². The molecule has 1 atom stereocenters. The van der Waals surface area contributed by atoms with E-state index in [1.165, 1.54) is 12.7 Å². The lowest BCUT2D eigenvalue weighted by molar-refractivity contribution is -0.0167. The minimum Gasteiger partial charge on any atom is -0.447 e. The fourth-order valence-corrected chi connectivity index (χ4v) is 1.53. The minimum absolute atomic E-state index is 0.132. The molecule has 1 aromatic heterocycles. The van der Waals surface area contributed by atoms with Crippen LogP contribution < -0.4 is 4.74 Å². The van der Waals surface area contributed by atoms with E-state index in [4.69, 9.17) is 19.0 Å². The zero-order chi connectivity index (χ0) is 10.5. The fourth-order valence-electron chi connectivity index (χ4n) is 1.53. The largest absolute Gasteiger partial charge is 0.447 e. The van der Waals surface area contributed by atoms with Gasteiger partial charge in [-0.25, -0.2) is 0 Å². The molecule has 5 nitrogen and oxygen atoms in total. The maximum atomic E-state index is 8.77.